The zero-order chi connectivity index (χ0) is 13.3. The summed E-state index contributed by atoms with van der Waals surface area (Å²) in [4.78, 5) is 11.3. The number of carbonyl (C=O) groups excluding carboxylic acids is 1. The van der Waals surface area contributed by atoms with E-state index in [4.69, 9.17) is 0 Å². The third-order valence-corrected chi connectivity index (χ3v) is 5.18. The Balaban J connectivity index is 2.03. The van der Waals surface area contributed by atoms with E-state index >= 15 is 0 Å². The smallest absolute Gasteiger partial charge is 0.177 e. The maximum absolute atomic E-state index is 11.3. The van der Waals surface area contributed by atoms with Crippen LogP contribution in [0.3, 0.4) is 0 Å². The molecular weight excluding hydrogens is 252 g/mol. The van der Waals surface area contributed by atoms with Gasteiger partial charge in [-0.3, -0.25) is 9.48 Å². The number of rotatable bonds is 3. The molecule has 0 amide bonds. The molecule has 0 aromatic carbocycles. The van der Waals surface area contributed by atoms with E-state index < -0.39 is 9.84 Å². The third kappa shape index (κ3) is 2.98. The molecule has 0 unspecified atom stereocenters. The first-order chi connectivity index (χ1) is 8.37. The molecule has 1 aliphatic rings. The Hall–Kier alpha value is -1.17. The molecule has 0 atom stereocenters. The Morgan fingerprint density at radius 3 is 2.56 bits per heavy atom. The van der Waals surface area contributed by atoms with Crippen molar-refractivity contribution in [2.75, 3.05) is 11.5 Å². The Morgan fingerprint density at radius 2 is 2.06 bits per heavy atom. The summed E-state index contributed by atoms with van der Waals surface area (Å²) in [6.45, 7) is 1.52. The summed E-state index contributed by atoms with van der Waals surface area (Å²) in [5.74, 6) is 0.930. The first-order valence-corrected chi connectivity index (χ1v) is 7.94. The van der Waals surface area contributed by atoms with Crippen molar-refractivity contribution >= 4 is 15.6 Å². The van der Waals surface area contributed by atoms with Crippen LogP contribution < -0.4 is 0 Å². The highest BCUT2D eigenvalue weighted by Gasteiger charge is 2.24. The molecular formula is C12H18N2O3S. The predicted octanol–water partition coefficient (Wildman–Crippen LogP) is 0.990. The van der Waals surface area contributed by atoms with Gasteiger partial charge in [0.1, 0.15) is 15.5 Å². The van der Waals surface area contributed by atoms with E-state index in [1.165, 1.54) is 6.92 Å². The van der Waals surface area contributed by atoms with Gasteiger partial charge in [-0.1, -0.05) is 0 Å². The van der Waals surface area contributed by atoms with Gasteiger partial charge in [0.05, 0.1) is 17.2 Å². The number of Topliss-reactive ketones (excluding diaryl/α,β-unsaturated/α-hetero) is 1. The number of nitrogens with zero attached hydrogens (tertiary/aromatic N) is 2. The van der Waals surface area contributed by atoms with Gasteiger partial charge in [0, 0.05) is 14.0 Å². The summed E-state index contributed by atoms with van der Waals surface area (Å²) in [5.41, 5.74) is 1.49. The van der Waals surface area contributed by atoms with Crippen molar-refractivity contribution in [3.63, 3.8) is 0 Å². The van der Waals surface area contributed by atoms with E-state index in [9.17, 15) is 13.2 Å². The van der Waals surface area contributed by atoms with Gasteiger partial charge in [-0.2, -0.15) is 5.10 Å². The van der Waals surface area contributed by atoms with Gasteiger partial charge in [0.15, 0.2) is 5.78 Å². The van der Waals surface area contributed by atoms with Crippen molar-refractivity contribution < 1.29 is 13.2 Å². The number of sulfone groups is 1. The van der Waals surface area contributed by atoms with Crippen molar-refractivity contribution in [1.82, 2.24) is 9.78 Å². The lowest BCUT2D eigenvalue weighted by Crippen LogP contribution is -2.24. The van der Waals surface area contributed by atoms with E-state index in [1.807, 2.05) is 6.07 Å². The van der Waals surface area contributed by atoms with Crippen LogP contribution in [0.4, 0.5) is 0 Å². The minimum Gasteiger partial charge on any atom is -0.293 e. The van der Waals surface area contributed by atoms with Gasteiger partial charge in [-0.25, -0.2) is 8.42 Å². The summed E-state index contributed by atoms with van der Waals surface area (Å²) in [7, 11) is -1.05. The summed E-state index contributed by atoms with van der Waals surface area (Å²) in [5, 5.41) is 4.31. The Kier molecular flexibility index (Phi) is 3.56. The second-order valence-corrected chi connectivity index (χ2v) is 7.30. The molecule has 0 N–H and O–H groups in total. The molecule has 1 aromatic heterocycles. The quantitative estimate of drug-likeness (QED) is 0.768. The number of ketones is 1. The highest BCUT2D eigenvalue weighted by molar-refractivity contribution is 7.91. The molecule has 0 radical (unpaired) electrons. The lowest BCUT2D eigenvalue weighted by molar-refractivity contribution is 0.100. The van der Waals surface area contributed by atoms with Crippen LogP contribution in [-0.4, -0.2) is 35.5 Å². The second-order valence-electron chi connectivity index (χ2n) is 5.00. The van der Waals surface area contributed by atoms with Gasteiger partial charge in [-0.15, -0.1) is 0 Å². The number of aromatic nitrogens is 2. The Bertz CT molecular complexity index is 546. The fraction of sp³-hybridized carbons (Fsp3) is 0.667. The molecule has 2 heterocycles. The van der Waals surface area contributed by atoms with E-state index in [1.54, 1.807) is 11.7 Å². The summed E-state index contributed by atoms with van der Waals surface area (Å²) >= 11 is 0. The van der Waals surface area contributed by atoms with Crippen LogP contribution in [-0.2, 0) is 23.3 Å². The van der Waals surface area contributed by atoms with E-state index in [2.05, 4.69) is 5.10 Å². The molecule has 5 nitrogen and oxygen atoms in total. The van der Waals surface area contributed by atoms with Crippen LogP contribution in [0.2, 0.25) is 0 Å². The maximum Gasteiger partial charge on any atom is 0.177 e. The number of carbonyl (C=O) groups is 1. The molecule has 0 aliphatic carbocycles. The van der Waals surface area contributed by atoms with Crippen LogP contribution in [0.15, 0.2) is 6.07 Å². The van der Waals surface area contributed by atoms with Gasteiger partial charge in [0.25, 0.3) is 0 Å². The Morgan fingerprint density at radius 1 is 1.44 bits per heavy atom. The lowest BCUT2D eigenvalue weighted by Gasteiger charge is -2.20. The van der Waals surface area contributed by atoms with E-state index in [0.29, 0.717) is 24.5 Å². The molecule has 1 fully saturated rings. The monoisotopic (exact) mass is 270 g/mol. The topological polar surface area (TPSA) is 69.0 Å². The van der Waals surface area contributed by atoms with Gasteiger partial charge < -0.3 is 0 Å². The summed E-state index contributed by atoms with van der Waals surface area (Å²) < 4.78 is 24.3. The average molecular weight is 270 g/mol. The Labute approximate surface area is 107 Å². The largest absolute Gasteiger partial charge is 0.293 e. The van der Waals surface area contributed by atoms with Crippen LogP contribution in [0.1, 0.15) is 35.9 Å². The highest BCUT2D eigenvalue weighted by atomic mass is 32.2. The highest BCUT2D eigenvalue weighted by Crippen LogP contribution is 2.22. The fourth-order valence-corrected chi connectivity index (χ4v) is 3.98. The minimum absolute atomic E-state index is 0.00229. The normalized spacial score (nSPS) is 19.9. The molecule has 1 aromatic rings. The zero-order valence-corrected chi connectivity index (χ0v) is 11.5. The molecule has 2 rings (SSSR count). The molecule has 1 aliphatic heterocycles. The minimum atomic E-state index is -2.80. The predicted molar refractivity (Wildman–Crippen MR) is 68.3 cm³/mol. The van der Waals surface area contributed by atoms with Crippen molar-refractivity contribution in [2.45, 2.75) is 26.2 Å². The summed E-state index contributed by atoms with van der Waals surface area (Å²) in [6, 6.07) is 1.81. The molecule has 18 heavy (non-hydrogen) atoms. The standard InChI is InChI=1S/C12H18N2O3S/c1-9(15)12-8-11(13-14(12)2)7-10-3-5-18(16,17)6-4-10/h8,10H,3-7H2,1-2H3. The SMILES string of the molecule is CC(=O)c1cc(CC2CCS(=O)(=O)CC2)nn1C. The van der Waals surface area contributed by atoms with Crippen molar-refractivity contribution in [3.8, 4) is 0 Å². The van der Waals surface area contributed by atoms with E-state index in [-0.39, 0.29) is 17.3 Å². The molecule has 100 valence electrons. The molecule has 0 spiro atoms. The average Bonchev–Trinajstić information content (AvgIpc) is 2.63. The first kappa shape index (κ1) is 13.3. The van der Waals surface area contributed by atoms with Crippen LogP contribution >= 0.6 is 0 Å². The van der Waals surface area contributed by atoms with Crippen molar-refractivity contribution in [1.29, 1.82) is 0 Å². The lowest BCUT2D eigenvalue weighted by atomic mass is 9.97. The molecule has 0 bridgehead atoms. The molecule has 1 saturated heterocycles. The zero-order valence-electron chi connectivity index (χ0n) is 10.7. The third-order valence-electron chi connectivity index (χ3n) is 3.46. The van der Waals surface area contributed by atoms with Crippen molar-refractivity contribution in [3.05, 3.63) is 17.5 Å². The number of hydrogen-bond donors (Lipinski definition) is 0. The van der Waals surface area contributed by atoms with Gasteiger partial charge in [0.2, 0.25) is 0 Å². The number of hydrogen-bond acceptors (Lipinski definition) is 4. The van der Waals surface area contributed by atoms with Crippen LogP contribution in [0, 0.1) is 5.92 Å². The summed E-state index contributed by atoms with van der Waals surface area (Å²) in [6.07, 6.45) is 2.17. The maximum atomic E-state index is 11.3. The van der Waals surface area contributed by atoms with Crippen molar-refractivity contribution in [2.24, 2.45) is 13.0 Å². The van der Waals surface area contributed by atoms with E-state index in [0.717, 1.165) is 12.1 Å². The van der Waals surface area contributed by atoms with Crippen LogP contribution in [0.5, 0.6) is 0 Å². The van der Waals surface area contributed by atoms with Crippen LogP contribution in [0.25, 0.3) is 0 Å². The molecule has 6 heteroatoms. The second kappa shape index (κ2) is 4.84. The fourth-order valence-electron chi connectivity index (χ4n) is 2.39. The van der Waals surface area contributed by atoms with Gasteiger partial charge >= 0.3 is 0 Å². The first-order valence-electron chi connectivity index (χ1n) is 6.11. The van der Waals surface area contributed by atoms with Gasteiger partial charge in [-0.05, 0) is 31.2 Å². The number of aryl methyl sites for hydroxylation is 1. The molecule has 0 saturated carbocycles.